The lowest BCUT2D eigenvalue weighted by Crippen LogP contribution is -2.65. The van der Waals surface area contributed by atoms with Gasteiger partial charge in [0, 0.05) is 10.1 Å². The van der Waals surface area contributed by atoms with Gasteiger partial charge in [0.25, 0.3) is 0 Å². The predicted molar refractivity (Wildman–Crippen MR) is 85.5 cm³/mol. The van der Waals surface area contributed by atoms with Crippen LogP contribution < -0.4 is 0 Å². The van der Waals surface area contributed by atoms with Crippen LogP contribution in [0.5, 0.6) is 0 Å². The van der Waals surface area contributed by atoms with Gasteiger partial charge in [-0.15, -0.1) is 6.58 Å². The second-order valence-electron chi connectivity index (χ2n) is 8.24. The molecule has 2 aliphatic rings. The third-order valence-electron chi connectivity index (χ3n) is 4.56. The second kappa shape index (κ2) is 5.46. The van der Waals surface area contributed by atoms with Gasteiger partial charge in [0.05, 0.1) is 12.7 Å². The van der Waals surface area contributed by atoms with E-state index in [1.54, 1.807) is 6.08 Å². The van der Waals surface area contributed by atoms with Crippen molar-refractivity contribution in [3.05, 3.63) is 12.7 Å². The smallest absolute Gasteiger partial charge is 0.349 e. The monoisotopic (exact) mass is 314 g/mol. The largest absolute Gasteiger partial charge is 0.391 e. The molecule has 21 heavy (non-hydrogen) atoms. The molecule has 1 N–H and O–H groups in total. The fourth-order valence-corrected chi connectivity index (χ4v) is 8.75. The summed E-state index contributed by atoms with van der Waals surface area (Å²) in [5.74, 6) is 0. The van der Waals surface area contributed by atoms with Crippen molar-refractivity contribution in [2.75, 3.05) is 6.61 Å². The zero-order valence-corrected chi connectivity index (χ0v) is 15.2. The molecule has 0 unspecified atom stereocenters. The minimum atomic E-state index is -2.53. The number of hydrogen-bond acceptors (Lipinski definition) is 4. The van der Waals surface area contributed by atoms with Gasteiger partial charge in [0.15, 0.2) is 0 Å². The van der Waals surface area contributed by atoms with E-state index in [2.05, 4.69) is 48.1 Å². The number of hydrogen-bond donors (Lipinski definition) is 1. The van der Waals surface area contributed by atoms with Gasteiger partial charge in [0.1, 0.15) is 18.3 Å². The normalized spacial score (nSPS) is 36.3. The number of aliphatic hydroxyl groups is 1. The van der Waals surface area contributed by atoms with Crippen LogP contribution in [0.1, 0.15) is 48.0 Å². The van der Waals surface area contributed by atoms with E-state index in [9.17, 15) is 5.11 Å². The van der Waals surface area contributed by atoms with Crippen molar-refractivity contribution < 1.29 is 18.7 Å². The highest BCUT2D eigenvalue weighted by atomic mass is 28.4. The van der Waals surface area contributed by atoms with Crippen LogP contribution in [-0.2, 0) is 13.6 Å². The Hall–Kier alpha value is -0.203. The van der Waals surface area contributed by atoms with Gasteiger partial charge >= 0.3 is 8.56 Å². The molecule has 0 spiro atoms. The fraction of sp³-hybridized carbons (Fsp3) is 0.875. The number of rotatable bonds is 2. The minimum Gasteiger partial charge on any atom is -0.391 e. The van der Waals surface area contributed by atoms with Gasteiger partial charge in [-0.05, 0) is 6.42 Å². The first-order chi connectivity index (χ1) is 9.53. The summed E-state index contributed by atoms with van der Waals surface area (Å²) in [4.78, 5) is 0. The number of aliphatic hydroxyl groups excluding tert-OH is 1. The fourth-order valence-electron chi connectivity index (χ4n) is 3.79. The van der Waals surface area contributed by atoms with Crippen LogP contribution in [0.25, 0.3) is 0 Å². The molecule has 0 aromatic rings. The van der Waals surface area contributed by atoms with Gasteiger partial charge in [-0.1, -0.05) is 47.6 Å². The molecule has 2 rings (SSSR count). The van der Waals surface area contributed by atoms with Gasteiger partial charge < -0.3 is 18.7 Å². The molecular formula is C16H30O4Si. The molecule has 0 bridgehead atoms. The maximum atomic E-state index is 10.5. The summed E-state index contributed by atoms with van der Waals surface area (Å²) in [7, 11) is -2.53. The van der Waals surface area contributed by atoms with Crippen molar-refractivity contribution >= 4 is 8.56 Å². The SMILES string of the molecule is C=CC[C@@H]1O[C@@H]2CO[Si](C(C)(C)C)(C(C)(C)C)O[C@H]2[C@H]1O. The van der Waals surface area contributed by atoms with Crippen molar-refractivity contribution in [1.82, 2.24) is 0 Å². The molecule has 2 fully saturated rings. The molecule has 4 nitrogen and oxygen atoms in total. The Morgan fingerprint density at radius 3 is 2.24 bits per heavy atom. The molecule has 2 saturated heterocycles. The standard InChI is InChI=1S/C16H30O4Si/c1-8-9-11-13(17)14-12(19-11)10-18-21(20-14,15(2,3)4)16(5,6)7/h8,11-14,17H,1,9-10H2,2-7H3/t11-,12+,13-,14+/m0/s1. The second-order valence-corrected chi connectivity index (χ2v) is 13.0. The van der Waals surface area contributed by atoms with E-state index in [4.69, 9.17) is 13.6 Å². The van der Waals surface area contributed by atoms with E-state index in [-0.39, 0.29) is 28.4 Å². The first kappa shape index (κ1) is 17.2. The lowest BCUT2D eigenvalue weighted by atomic mass is 10.1. The molecule has 0 saturated carbocycles. The Morgan fingerprint density at radius 2 is 1.76 bits per heavy atom. The van der Waals surface area contributed by atoms with Crippen molar-refractivity contribution in [3.63, 3.8) is 0 Å². The highest BCUT2D eigenvalue weighted by Crippen LogP contribution is 2.55. The van der Waals surface area contributed by atoms with Crippen molar-refractivity contribution in [1.29, 1.82) is 0 Å². The van der Waals surface area contributed by atoms with Crippen molar-refractivity contribution in [2.24, 2.45) is 0 Å². The maximum Gasteiger partial charge on any atom is 0.349 e. The Morgan fingerprint density at radius 1 is 1.19 bits per heavy atom. The van der Waals surface area contributed by atoms with Gasteiger partial charge in [-0.2, -0.15) is 0 Å². The molecule has 0 amide bonds. The summed E-state index contributed by atoms with van der Waals surface area (Å²) >= 11 is 0. The summed E-state index contributed by atoms with van der Waals surface area (Å²) < 4.78 is 18.7. The first-order valence-electron chi connectivity index (χ1n) is 7.80. The van der Waals surface area contributed by atoms with E-state index in [0.29, 0.717) is 13.0 Å². The van der Waals surface area contributed by atoms with Crippen LogP contribution in [0.3, 0.4) is 0 Å². The Kier molecular flexibility index (Phi) is 4.46. The molecule has 0 aromatic heterocycles. The van der Waals surface area contributed by atoms with Gasteiger partial charge in [0.2, 0.25) is 0 Å². The molecule has 2 heterocycles. The molecule has 0 aromatic carbocycles. The summed E-state index contributed by atoms with van der Waals surface area (Å²) in [5, 5.41) is 10.4. The summed E-state index contributed by atoms with van der Waals surface area (Å²) in [6.07, 6.45) is 1.13. The zero-order valence-electron chi connectivity index (χ0n) is 14.2. The Bertz CT molecular complexity index is 382. The highest BCUT2D eigenvalue weighted by molar-refractivity contribution is 6.73. The first-order valence-corrected chi connectivity index (χ1v) is 9.61. The summed E-state index contributed by atoms with van der Waals surface area (Å²) in [5.41, 5.74) is 0. The summed E-state index contributed by atoms with van der Waals surface area (Å²) in [6.45, 7) is 17.3. The third-order valence-corrected chi connectivity index (χ3v) is 9.69. The van der Waals surface area contributed by atoms with Gasteiger partial charge in [-0.25, -0.2) is 0 Å². The molecule has 2 aliphatic heterocycles. The van der Waals surface area contributed by atoms with Gasteiger partial charge in [-0.3, -0.25) is 0 Å². The summed E-state index contributed by atoms with van der Waals surface area (Å²) in [6, 6.07) is 0. The number of ether oxygens (including phenoxy) is 1. The van der Waals surface area contributed by atoms with E-state index < -0.39 is 14.7 Å². The molecule has 122 valence electrons. The van der Waals surface area contributed by atoms with Crippen LogP contribution >= 0.6 is 0 Å². The van der Waals surface area contributed by atoms with Crippen molar-refractivity contribution in [3.8, 4) is 0 Å². The van der Waals surface area contributed by atoms with Crippen LogP contribution in [0.2, 0.25) is 10.1 Å². The van der Waals surface area contributed by atoms with Crippen LogP contribution in [0, 0.1) is 0 Å². The maximum absolute atomic E-state index is 10.5. The quantitative estimate of drug-likeness (QED) is 0.628. The number of fused-ring (bicyclic) bond motifs is 1. The van der Waals surface area contributed by atoms with E-state index in [1.165, 1.54) is 0 Å². The Balaban J connectivity index is 2.29. The topological polar surface area (TPSA) is 47.9 Å². The van der Waals surface area contributed by atoms with E-state index in [1.807, 2.05) is 0 Å². The van der Waals surface area contributed by atoms with Crippen LogP contribution in [0.15, 0.2) is 12.7 Å². The lowest BCUT2D eigenvalue weighted by Gasteiger charge is -2.53. The van der Waals surface area contributed by atoms with E-state index >= 15 is 0 Å². The predicted octanol–water partition coefficient (Wildman–Crippen LogP) is 3.15. The third kappa shape index (κ3) is 2.74. The average molecular weight is 314 g/mol. The van der Waals surface area contributed by atoms with E-state index in [0.717, 1.165) is 0 Å². The molecule has 4 atom stereocenters. The molecule has 0 aliphatic carbocycles. The lowest BCUT2D eigenvalue weighted by molar-refractivity contribution is -0.0716. The minimum absolute atomic E-state index is 0.0769. The van der Waals surface area contributed by atoms with Crippen molar-refractivity contribution in [2.45, 2.75) is 82.5 Å². The molecule has 0 radical (unpaired) electrons. The Labute approximate surface area is 129 Å². The van der Waals surface area contributed by atoms with Crippen LogP contribution in [0.4, 0.5) is 0 Å². The molecule has 5 heteroatoms. The highest BCUT2D eigenvalue weighted by Gasteiger charge is 2.64. The molecular weight excluding hydrogens is 284 g/mol. The van der Waals surface area contributed by atoms with Crippen LogP contribution in [-0.4, -0.2) is 44.7 Å². The average Bonchev–Trinajstić information content (AvgIpc) is 2.64. The zero-order chi connectivity index (χ0) is 16.1.